The van der Waals surface area contributed by atoms with Crippen LogP contribution in [-0.2, 0) is 6.42 Å². The zero-order valence-corrected chi connectivity index (χ0v) is 9.67. The first-order valence-corrected chi connectivity index (χ1v) is 5.12. The Kier molecular flexibility index (Phi) is 3.31. The molecule has 1 unspecified atom stereocenters. The largest absolute Gasteiger partial charge is 0.197 e. The van der Waals surface area contributed by atoms with E-state index in [-0.39, 0.29) is 0 Å². The van der Waals surface area contributed by atoms with Gasteiger partial charge >= 0.3 is 0 Å². The minimum absolute atomic E-state index is 0.458. The van der Waals surface area contributed by atoms with E-state index in [2.05, 4.69) is 44.7 Å². The molecule has 15 heavy (non-hydrogen) atoms. The first-order valence-electron chi connectivity index (χ1n) is 5.12. The van der Waals surface area contributed by atoms with Crippen LogP contribution in [0.1, 0.15) is 23.6 Å². The zero-order valence-electron chi connectivity index (χ0n) is 9.67. The summed E-state index contributed by atoms with van der Waals surface area (Å²) in [6, 6.07) is 8.64. The Labute approximate surface area is 92.1 Å². The number of hydrogen-bond donors (Lipinski definition) is 0. The van der Waals surface area contributed by atoms with Crippen LogP contribution in [0.2, 0.25) is 0 Å². The summed E-state index contributed by atoms with van der Waals surface area (Å²) in [6.45, 7) is 9.80. The van der Waals surface area contributed by atoms with Crippen LogP contribution in [0, 0.1) is 30.6 Å². The van der Waals surface area contributed by atoms with Crippen molar-refractivity contribution >= 4 is 0 Å². The Hall–Kier alpha value is -1.55. The average molecular weight is 199 g/mol. The predicted molar refractivity (Wildman–Crippen MR) is 63.5 cm³/mol. The number of aryl methyl sites for hydroxylation is 2. The van der Waals surface area contributed by atoms with E-state index < -0.39 is 5.41 Å². The first kappa shape index (κ1) is 11.5. The van der Waals surface area contributed by atoms with Gasteiger partial charge < -0.3 is 0 Å². The topological polar surface area (TPSA) is 23.8 Å². The molecule has 0 saturated carbocycles. The van der Waals surface area contributed by atoms with Crippen molar-refractivity contribution < 1.29 is 0 Å². The first-order chi connectivity index (χ1) is 7.00. The number of benzene rings is 1. The molecule has 0 radical (unpaired) electrons. The summed E-state index contributed by atoms with van der Waals surface area (Å²) >= 11 is 0. The van der Waals surface area contributed by atoms with Crippen molar-refractivity contribution in [3.8, 4) is 6.07 Å². The van der Waals surface area contributed by atoms with Crippen LogP contribution in [0.5, 0.6) is 0 Å². The van der Waals surface area contributed by atoms with Crippen molar-refractivity contribution in [2.45, 2.75) is 27.2 Å². The van der Waals surface area contributed by atoms with Gasteiger partial charge in [-0.3, -0.25) is 0 Å². The molecule has 0 saturated heterocycles. The lowest BCUT2D eigenvalue weighted by molar-refractivity contribution is 0.564. The molecule has 1 rings (SSSR count). The van der Waals surface area contributed by atoms with E-state index in [0.29, 0.717) is 0 Å². The standard InChI is InChI=1S/C14H17N/c1-5-14(4,10-15)9-13-7-6-11(2)8-12(13)3/h5-8H,1,9H2,2-4H3. The molecule has 1 heteroatoms. The summed E-state index contributed by atoms with van der Waals surface area (Å²) < 4.78 is 0. The molecule has 0 bridgehead atoms. The van der Waals surface area contributed by atoms with Crippen LogP contribution >= 0.6 is 0 Å². The van der Waals surface area contributed by atoms with Crippen molar-refractivity contribution in [1.29, 1.82) is 5.26 Å². The van der Waals surface area contributed by atoms with E-state index in [0.717, 1.165) is 6.42 Å². The molecule has 0 aromatic heterocycles. The van der Waals surface area contributed by atoms with Crippen molar-refractivity contribution in [2.75, 3.05) is 0 Å². The fourth-order valence-electron chi connectivity index (χ4n) is 1.60. The van der Waals surface area contributed by atoms with Crippen LogP contribution in [0.15, 0.2) is 30.9 Å². The highest BCUT2D eigenvalue weighted by Crippen LogP contribution is 2.25. The molecule has 0 aliphatic carbocycles. The monoisotopic (exact) mass is 199 g/mol. The van der Waals surface area contributed by atoms with E-state index in [4.69, 9.17) is 5.26 Å². The number of allylic oxidation sites excluding steroid dienone is 1. The summed E-state index contributed by atoms with van der Waals surface area (Å²) in [5.41, 5.74) is 3.27. The summed E-state index contributed by atoms with van der Waals surface area (Å²) in [5.74, 6) is 0. The smallest absolute Gasteiger partial charge is 0.0763 e. The van der Waals surface area contributed by atoms with Crippen molar-refractivity contribution in [1.82, 2.24) is 0 Å². The maximum absolute atomic E-state index is 9.07. The Morgan fingerprint density at radius 3 is 2.60 bits per heavy atom. The lowest BCUT2D eigenvalue weighted by atomic mass is 9.84. The molecule has 1 aromatic rings. The summed E-state index contributed by atoms with van der Waals surface area (Å²) in [5, 5.41) is 9.07. The minimum Gasteiger partial charge on any atom is -0.197 e. The quantitative estimate of drug-likeness (QED) is 0.683. The van der Waals surface area contributed by atoms with Gasteiger partial charge in [-0.2, -0.15) is 5.26 Å². The highest BCUT2D eigenvalue weighted by atomic mass is 14.3. The molecule has 0 aliphatic rings. The van der Waals surface area contributed by atoms with Gasteiger partial charge in [-0.25, -0.2) is 0 Å². The number of hydrogen-bond acceptors (Lipinski definition) is 1. The number of nitriles is 1. The Morgan fingerprint density at radius 2 is 2.13 bits per heavy atom. The van der Waals surface area contributed by atoms with Gasteiger partial charge in [0.1, 0.15) is 0 Å². The molecule has 0 heterocycles. The van der Waals surface area contributed by atoms with Crippen molar-refractivity contribution in [2.24, 2.45) is 5.41 Å². The predicted octanol–water partition coefficient (Wildman–Crippen LogP) is 3.56. The number of rotatable bonds is 3. The molecule has 1 atom stereocenters. The Balaban J connectivity index is 3.00. The molecular formula is C14H17N. The van der Waals surface area contributed by atoms with Gasteiger partial charge in [0.05, 0.1) is 11.5 Å². The molecule has 0 aliphatic heterocycles. The molecule has 0 fully saturated rings. The van der Waals surface area contributed by atoms with Gasteiger partial charge in [-0.15, -0.1) is 6.58 Å². The van der Waals surface area contributed by atoms with Gasteiger partial charge in [-0.1, -0.05) is 29.8 Å². The third-order valence-corrected chi connectivity index (χ3v) is 2.76. The maximum Gasteiger partial charge on any atom is 0.0763 e. The Morgan fingerprint density at radius 1 is 1.47 bits per heavy atom. The fraction of sp³-hybridized carbons (Fsp3) is 0.357. The molecule has 1 nitrogen and oxygen atoms in total. The highest BCUT2D eigenvalue weighted by Gasteiger charge is 2.20. The second-order valence-corrected chi connectivity index (χ2v) is 4.34. The third kappa shape index (κ3) is 2.70. The van der Waals surface area contributed by atoms with Gasteiger partial charge in [0.15, 0.2) is 0 Å². The minimum atomic E-state index is -0.458. The van der Waals surface area contributed by atoms with E-state index in [1.165, 1.54) is 16.7 Å². The van der Waals surface area contributed by atoms with E-state index in [9.17, 15) is 0 Å². The van der Waals surface area contributed by atoms with E-state index in [1.54, 1.807) is 6.08 Å². The second kappa shape index (κ2) is 4.31. The molecular weight excluding hydrogens is 182 g/mol. The molecule has 78 valence electrons. The lowest BCUT2D eigenvalue weighted by Gasteiger charge is -2.18. The van der Waals surface area contributed by atoms with E-state index in [1.807, 2.05) is 6.92 Å². The lowest BCUT2D eigenvalue weighted by Crippen LogP contribution is -2.14. The summed E-state index contributed by atoms with van der Waals surface area (Å²) in [7, 11) is 0. The normalized spacial score (nSPS) is 14.0. The molecule has 1 aromatic carbocycles. The Bertz CT molecular complexity index is 412. The zero-order chi connectivity index (χ0) is 11.5. The second-order valence-electron chi connectivity index (χ2n) is 4.34. The van der Waals surface area contributed by atoms with Crippen molar-refractivity contribution in [3.63, 3.8) is 0 Å². The molecule has 0 amide bonds. The van der Waals surface area contributed by atoms with Gasteiger partial charge in [0, 0.05) is 0 Å². The summed E-state index contributed by atoms with van der Waals surface area (Å²) in [6.07, 6.45) is 2.46. The van der Waals surface area contributed by atoms with Gasteiger partial charge in [-0.05, 0) is 38.3 Å². The average Bonchev–Trinajstić information content (AvgIpc) is 2.22. The third-order valence-electron chi connectivity index (χ3n) is 2.76. The molecule has 0 spiro atoms. The molecule has 0 N–H and O–H groups in total. The van der Waals surface area contributed by atoms with Crippen LogP contribution in [0.25, 0.3) is 0 Å². The van der Waals surface area contributed by atoms with Crippen LogP contribution in [-0.4, -0.2) is 0 Å². The highest BCUT2D eigenvalue weighted by molar-refractivity contribution is 5.32. The summed E-state index contributed by atoms with van der Waals surface area (Å²) in [4.78, 5) is 0. The maximum atomic E-state index is 9.07. The van der Waals surface area contributed by atoms with Crippen molar-refractivity contribution in [3.05, 3.63) is 47.5 Å². The van der Waals surface area contributed by atoms with Gasteiger partial charge in [0.2, 0.25) is 0 Å². The fourth-order valence-corrected chi connectivity index (χ4v) is 1.60. The van der Waals surface area contributed by atoms with Crippen LogP contribution < -0.4 is 0 Å². The number of nitrogens with zero attached hydrogens (tertiary/aromatic N) is 1. The van der Waals surface area contributed by atoms with Crippen LogP contribution in [0.3, 0.4) is 0 Å². The van der Waals surface area contributed by atoms with Crippen LogP contribution in [0.4, 0.5) is 0 Å². The van der Waals surface area contributed by atoms with E-state index >= 15 is 0 Å². The van der Waals surface area contributed by atoms with Gasteiger partial charge in [0.25, 0.3) is 0 Å². The SMILES string of the molecule is C=CC(C)(C#N)Cc1ccc(C)cc1C.